The van der Waals surface area contributed by atoms with Gasteiger partial charge in [-0.3, -0.25) is 9.59 Å². The van der Waals surface area contributed by atoms with Crippen LogP contribution in [-0.4, -0.2) is 47.2 Å². The molecule has 4 atom stereocenters. The molecular formula is C25H29ClN2O6. The summed E-state index contributed by atoms with van der Waals surface area (Å²) in [5.74, 6) is -1.13. The molecule has 8 nitrogen and oxygen atoms in total. The van der Waals surface area contributed by atoms with E-state index >= 15 is 0 Å². The molecule has 4 rings (SSSR count). The fourth-order valence-electron chi connectivity index (χ4n) is 4.51. The van der Waals surface area contributed by atoms with Gasteiger partial charge in [-0.1, -0.05) is 30.3 Å². The number of carbonyl (C=O) groups is 3. The molecule has 0 saturated carbocycles. The number of allylic oxidation sites excluding steroid dienone is 1. The Kier molecular flexibility index (Phi) is 7.38. The molecule has 0 aromatic carbocycles. The molecule has 2 saturated heterocycles. The Labute approximate surface area is 203 Å². The Morgan fingerprint density at radius 3 is 2.94 bits per heavy atom. The summed E-state index contributed by atoms with van der Waals surface area (Å²) < 4.78 is 16.9. The zero-order valence-electron chi connectivity index (χ0n) is 19.2. The van der Waals surface area contributed by atoms with Crippen molar-refractivity contribution in [3.8, 4) is 0 Å². The number of nitrogens with one attached hydrogen (secondary N) is 1. The van der Waals surface area contributed by atoms with E-state index in [1.54, 1.807) is 18.3 Å². The highest BCUT2D eigenvalue weighted by molar-refractivity contribution is 6.29. The number of rotatable bonds is 7. The molecule has 1 aromatic rings. The minimum absolute atomic E-state index is 0.00454. The predicted octanol–water partition coefficient (Wildman–Crippen LogP) is 3.43. The molecule has 0 unspecified atom stereocenters. The quantitative estimate of drug-likeness (QED) is 0.206. The normalized spacial score (nSPS) is 29.7. The number of nitrogens with zero attached hydrogens (tertiary/aromatic N) is 1. The monoisotopic (exact) mass is 488 g/mol. The summed E-state index contributed by atoms with van der Waals surface area (Å²) in [5, 5.41) is 3.13. The summed E-state index contributed by atoms with van der Waals surface area (Å²) in [6, 6.07) is 3.43. The minimum Gasteiger partial charge on any atom is -0.461 e. The van der Waals surface area contributed by atoms with Crippen molar-refractivity contribution in [2.24, 2.45) is 5.92 Å². The van der Waals surface area contributed by atoms with Crippen LogP contribution in [0.1, 0.15) is 51.0 Å². The van der Waals surface area contributed by atoms with Crippen LogP contribution in [0.5, 0.6) is 0 Å². The van der Waals surface area contributed by atoms with E-state index in [0.29, 0.717) is 30.1 Å². The molecule has 1 aliphatic carbocycles. The van der Waals surface area contributed by atoms with Crippen molar-refractivity contribution in [1.29, 1.82) is 0 Å². The fraction of sp³-hybridized carbons (Fsp3) is 0.520. The van der Waals surface area contributed by atoms with Crippen LogP contribution in [0, 0.1) is 5.92 Å². The van der Waals surface area contributed by atoms with Gasteiger partial charge in [-0.2, -0.15) is 0 Å². The van der Waals surface area contributed by atoms with Crippen LogP contribution < -0.4 is 5.32 Å². The lowest BCUT2D eigenvalue weighted by molar-refractivity contribution is -0.144. The second kappa shape index (κ2) is 10.3. The Morgan fingerprint density at radius 2 is 2.18 bits per heavy atom. The highest BCUT2D eigenvalue weighted by Crippen LogP contribution is 2.49. The van der Waals surface area contributed by atoms with Gasteiger partial charge >= 0.3 is 11.9 Å². The number of aromatic nitrogens is 1. The van der Waals surface area contributed by atoms with Crippen LogP contribution in [0.3, 0.4) is 0 Å². The van der Waals surface area contributed by atoms with Gasteiger partial charge in [-0.25, -0.2) is 9.78 Å². The average Bonchev–Trinajstić information content (AvgIpc) is 3.40. The molecule has 0 radical (unpaired) electrons. The first-order valence-electron chi connectivity index (χ1n) is 11.5. The van der Waals surface area contributed by atoms with Crippen molar-refractivity contribution < 1.29 is 28.6 Å². The number of pyridine rings is 1. The van der Waals surface area contributed by atoms with Gasteiger partial charge in [0.1, 0.15) is 24.0 Å². The van der Waals surface area contributed by atoms with E-state index in [1.165, 1.54) is 0 Å². The number of halogens is 1. The van der Waals surface area contributed by atoms with E-state index in [1.807, 2.05) is 6.92 Å². The SMILES string of the molecule is C=C1C(=O)O[C@H]2[C@H]1CC/C(COC(=O)CCC(=O)NCc1ccc(Cl)nc1)=C\CC[C@@]1(C)O[C@@H]21. The maximum atomic E-state index is 12.2. The van der Waals surface area contributed by atoms with Crippen LogP contribution in [-0.2, 0) is 35.1 Å². The Morgan fingerprint density at radius 1 is 1.35 bits per heavy atom. The summed E-state index contributed by atoms with van der Waals surface area (Å²) in [6.07, 6.45) is 6.26. The first kappa shape index (κ1) is 24.4. The van der Waals surface area contributed by atoms with E-state index < -0.39 is 5.97 Å². The maximum absolute atomic E-state index is 12.2. The lowest BCUT2D eigenvalue weighted by atomic mass is 9.84. The van der Waals surface area contributed by atoms with Gasteiger partial charge in [0.15, 0.2) is 0 Å². The number of ether oxygens (including phenoxy) is 3. The van der Waals surface area contributed by atoms with Crippen molar-refractivity contribution in [1.82, 2.24) is 10.3 Å². The van der Waals surface area contributed by atoms with Crippen LogP contribution in [0.25, 0.3) is 0 Å². The lowest BCUT2D eigenvalue weighted by Gasteiger charge is -2.20. The molecule has 3 aliphatic rings. The van der Waals surface area contributed by atoms with Crippen molar-refractivity contribution in [3.63, 3.8) is 0 Å². The topological polar surface area (TPSA) is 107 Å². The molecule has 0 spiro atoms. The van der Waals surface area contributed by atoms with E-state index in [-0.39, 0.29) is 55.1 Å². The van der Waals surface area contributed by atoms with Gasteiger partial charge in [0, 0.05) is 30.7 Å². The molecule has 1 N–H and O–H groups in total. The highest BCUT2D eigenvalue weighted by atomic mass is 35.5. The molecule has 1 aromatic heterocycles. The smallest absolute Gasteiger partial charge is 0.334 e. The number of carbonyl (C=O) groups excluding carboxylic acids is 3. The number of epoxide rings is 1. The second-order valence-electron chi connectivity index (χ2n) is 9.22. The summed E-state index contributed by atoms with van der Waals surface area (Å²) in [7, 11) is 0. The van der Waals surface area contributed by atoms with Gasteiger partial charge in [-0.05, 0) is 49.8 Å². The molecule has 1 amide bonds. The van der Waals surface area contributed by atoms with Crippen molar-refractivity contribution in [3.05, 3.63) is 52.8 Å². The molecule has 3 heterocycles. The Balaban J connectivity index is 1.23. The molecule has 182 valence electrons. The van der Waals surface area contributed by atoms with Gasteiger partial charge in [0.05, 0.1) is 12.0 Å². The zero-order chi connectivity index (χ0) is 24.3. The third-order valence-electron chi connectivity index (χ3n) is 6.69. The average molecular weight is 489 g/mol. The number of amides is 1. The van der Waals surface area contributed by atoms with E-state index in [9.17, 15) is 14.4 Å². The maximum Gasteiger partial charge on any atom is 0.334 e. The third kappa shape index (κ3) is 5.85. The molecule has 0 bridgehead atoms. The standard InChI is InChI=1S/C25H29ClN2O6/c1-15-18-7-5-16(4-3-11-25(2)23(34-25)22(18)33-24(15)31)14-32-21(30)10-9-20(29)28-13-17-6-8-19(26)27-12-17/h4,6,8,12,18,22-23H,1,3,5,7,9-11,13-14H2,2H3,(H,28,29)/b16-4+/t18-,22-,23-,25+/m0/s1. The summed E-state index contributed by atoms with van der Waals surface area (Å²) in [6.45, 7) is 6.43. The highest BCUT2D eigenvalue weighted by Gasteiger charge is 2.61. The molecule has 34 heavy (non-hydrogen) atoms. The minimum atomic E-state index is -0.430. The molecular weight excluding hydrogens is 460 g/mol. The van der Waals surface area contributed by atoms with Crippen LogP contribution >= 0.6 is 11.6 Å². The van der Waals surface area contributed by atoms with E-state index in [0.717, 1.165) is 24.0 Å². The molecule has 2 fully saturated rings. The third-order valence-corrected chi connectivity index (χ3v) is 6.92. The van der Waals surface area contributed by atoms with Gasteiger partial charge < -0.3 is 19.5 Å². The predicted molar refractivity (Wildman–Crippen MR) is 124 cm³/mol. The number of esters is 2. The second-order valence-corrected chi connectivity index (χ2v) is 9.61. The fourth-order valence-corrected chi connectivity index (χ4v) is 4.62. The first-order chi connectivity index (χ1) is 16.2. The molecule has 2 aliphatic heterocycles. The lowest BCUT2D eigenvalue weighted by Crippen LogP contribution is -2.29. The number of hydrogen-bond acceptors (Lipinski definition) is 7. The molecule has 9 heteroatoms. The first-order valence-corrected chi connectivity index (χ1v) is 11.9. The zero-order valence-corrected chi connectivity index (χ0v) is 19.9. The summed E-state index contributed by atoms with van der Waals surface area (Å²) in [4.78, 5) is 40.3. The van der Waals surface area contributed by atoms with E-state index in [4.69, 9.17) is 25.8 Å². The number of hydrogen-bond donors (Lipinski definition) is 1. The van der Waals surface area contributed by atoms with E-state index in [2.05, 4.69) is 23.0 Å². The van der Waals surface area contributed by atoms with Crippen LogP contribution in [0.2, 0.25) is 5.15 Å². The Bertz CT molecular complexity index is 1010. The van der Waals surface area contributed by atoms with Gasteiger partial charge in [0.25, 0.3) is 0 Å². The van der Waals surface area contributed by atoms with Crippen LogP contribution in [0.15, 0.2) is 42.1 Å². The summed E-state index contributed by atoms with van der Waals surface area (Å²) in [5.41, 5.74) is 1.99. The largest absolute Gasteiger partial charge is 0.461 e. The van der Waals surface area contributed by atoms with Crippen LogP contribution in [0.4, 0.5) is 0 Å². The van der Waals surface area contributed by atoms with Gasteiger partial charge in [-0.15, -0.1) is 0 Å². The number of fused-ring (bicyclic) bond motifs is 3. The van der Waals surface area contributed by atoms with Crippen molar-refractivity contribution in [2.75, 3.05) is 6.61 Å². The summed E-state index contributed by atoms with van der Waals surface area (Å²) >= 11 is 5.75. The van der Waals surface area contributed by atoms with Crippen molar-refractivity contribution in [2.45, 2.75) is 69.8 Å². The Hall–Kier alpha value is -2.71. The van der Waals surface area contributed by atoms with Crippen molar-refractivity contribution >= 4 is 29.4 Å². The van der Waals surface area contributed by atoms with Gasteiger partial charge in [0.2, 0.25) is 5.91 Å².